The molecule has 0 aromatic rings. The molecule has 0 saturated heterocycles. The lowest BCUT2D eigenvalue weighted by molar-refractivity contribution is -0.134. The van der Waals surface area contributed by atoms with Gasteiger partial charge in [0.05, 0.1) is 5.41 Å². The Hall–Kier alpha value is -1.03. The number of allylic oxidation sites excluding steroid dienone is 3. The van der Waals surface area contributed by atoms with Gasteiger partial charge in [0.15, 0.2) is 10.9 Å². The molecule has 3 fully saturated rings. The molecule has 0 heterocycles. The fourth-order valence-electron chi connectivity index (χ4n) is 7.18. The van der Waals surface area contributed by atoms with E-state index in [1.54, 1.807) is 0 Å². The molecule has 4 heteroatoms. The van der Waals surface area contributed by atoms with Crippen LogP contribution in [0.2, 0.25) is 0 Å². The zero-order valence-corrected chi connectivity index (χ0v) is 16.2. The van der Waals surface area contributed by atoms with Crippen molar-refractivity contribution in [3.63, 3.8) is 0 Å². The van der Waals surface area contributed by atoms with Gasteiger partial charge in [0, 0.05) is 12.0 Å². The molecular formula is C21H28O3S. The maximum Gasteiger partial charge on any atom is 0.189 e. The molecule has 4 aliphatic rings. The second-order valence-corrected chi connectivity index (χ2v) is 9.74. The minimum absolute atomic E-state index is 0.0205. The summed E-state index contributed by atoms with van der Waals surface area (Å²) in [7, 11) is 0. The van der Waals surface area contributed by atoms with Gasteiger partial charge in [0.1, 0.15) is 5.76 Å². The topological polar surface area (TPSA) is 54.4 Å². The molecule has 3 saturated carbocycles. The highest BCUT2D eigenvalue weighted by Crippen LogP contribution is 2.67. The van der Waals surface area contributed by atoms with Crippen LogP contribution >= 0.6 is 12.6 Å². The number of ketones is 1. The van der Waals surface area contributed by atoms with Crippen molar-refractivity contribution >= 4 is 23.5 Å². The number of fused-ring (bicyclic) bond motifs is 5. The van der Waals surface area contributed by atoms with Gasteiger partial charge in [-0.2, -0.15) is 0 Å². The molecule has 4 rings (SSSR count). The van der Waals surface area contributed by atoms with E-state index in [1.165, 1.54) is 6.08 Å². The minimum Gasteiger partial charge on any atom is -0.508 e. The van der Waals surface area contributed by atoms with Crippen molar-refractivity contribution in [1.82, 2.24) is 0 Å². The lowest BCUT2D eigenvalue weighted by Crippen LogP contribution is -2.53. The average molecular weight is 361 g/mol. The number of carbonyl (C=O) groups is 2. The van der Waals surface area contributed by atoms with E-state index in [0.29, 0.717) is 23.7 Å². The molecule has 3 nitrogen and oxygen atoms in total. The molecule has 0 bridgehead atoms. The van der Waals surface area contributed by atoms with Crippen LogP contribution in [-0.4, -0.2) is 16.0 Å². The van der Waals surface area contributed by atoms with Crippen molar-refractivity contribution in [2.75, 3.05) is 0 Å². The molecular weight excluding hydrogens is 332 g/mol. The fraction of sp³-hybridized carbons (Fsp3) is 0.714. The zero-order chi connectivity index (χ0) is 18.1. The third-order valence-corrected chi connectivity index (χ3v) is 8.59. The van der Waals surface area contributed by atoms with Gasteiger partial charge < -0.3 is 5.11 Å². The molecule has 0 aromatic carbocycles. The SMILES string of the molecule is CC1C[C@H]2[C@@H]3CCC4=CC(O)=CC(=O)[C@]4(C)[C@H]3CC[C@]2(C)[C@H]1C(=O)S. The first-order valence-corrected chi connectivity index (χ1v) is 10.0. The summed E-state index contributed by atoms with van der Waals surface area (Å²) in [5.41, 5.74) is 0.658. The Morgan fingerprint density at radius 2 is 1.96 bits per heavy atom. The lowest BCUT2D eigenvalue weighted by atomic mass is 9.47. The number of rotatable bonds is 1. The Bertz CT molecular complexity index is 708. The van der Waals surface area contributed by atoms with Gasteiger partial charge >= 0.3 is 0 Å². The highest BCUT2D eigenvalue weighted by molar-refractivity contribution is 7.96. The normalized spacial score (nSPS) is 48.8. The number of hydrogen-bond acceptors (Lipinski definition) is 3. The van der Waals surface area contributed by atoms with Crippen LogP contribution in [-0.2, 0) is 9.59 Å². The van der Waals surface area contributed by atoms with Crippen LogP contribution in [0.25, 0.3) is 0 Å². The summed E-state index contributed by atoms with van der Waals surface area (Å²) < 4.78 is 0. The predicted molar refractivity (Wildman–Crippen MR) is 100 cm³/mol. The van der Waals surface area contributed by atoms with Crippen LogP contribution in [0.1, 0.15) is 52.9 Å². The number of thiol groups is 1. The smallest absolute Gasteiger partial charge is 0.189 e. The van der Waals surface area contributed by atoms with Crippen LogP contribution < -0.4 is 0 Å². The molecule has 25 heavy (non-hydrogen) atoms. The molecule has 1 N–H and O–H groups in total. The van der Waals surface area contributed by atoms with Gasteiger partial charge in [0.25, 0.3) is 0 Å². The summed E-state index contributed by atoms with van der Waals surface area (Å²) in [5, 5.41) is 9.91. The highest BCUT2D eigenvalue weighted by atomic mass is 32.1. The van der Waals surface area contributed by atoms with Crippen molar-refractivity contribution in [1.29, 1.82) is 0 Å². The van der Waals surface area contributed by atoms with Gasteiger partial charge in [0.2, 0.25) is 0 Å². The molecule has 0 radical (unpaired) electrons. The summed E-state index contributed by atoms with van der Waals surface area (Å²) in [6.45, 7) is 6.57. The van der Waals surface area contributed by atoms with Gasteiger partial charge in [-0.25, -0.2) is 0 Å². The van der Waals surface area contributed by atoms with Crippen molar-refractivity contribution < 1.29 is 14.7 Å². The fourth-order valence-corrected chi connectivity index (χ4v) is 7.73. The molecule has 0 aliphatic heterocycles. The van der Waals surface area contributed by atoms with Gasteiger partial charge in [-0.3, -0.25) is 9.59 Å². The molecule has 136 valence electrons. The van der Waals surface area contributed by atoms with E-state index in [-0.39, 0.29) is 28.0 Å². The minimum atomic E-state index is -0.469. The lowest BCUT2D eigenvalue weighted by Gasteiger charge is -2.56. The van der Waals surface area contributed by atoms with Crippen molar-refractivity contribution in [3.8, 4) is 0 Å². The van der Waals surface area contributed by atoms with E-state index < -0.39 is 5.41 Å². The van der Waals surface area contributed by atoms with Crippen LogP contribution in [0.3, 0.4) is 0 Å². The van der Waals surface area contributed by atoms with E-state index in [9.17, 15) is 14.7 Å². The summed E-state index contributed by atoms with van der Waals surface area (Å²) in [6.07, 6.45) is 8.22. The van der Waals surface area contributed by atoms with Gasteiger partial charge in [-0.15, -0.1) is 12.6 Å². The number of carbonyl (C=O) groups excluding carboxylic acids is 2. The van der Waals surface area contributed by atoms with Crippen molar-refractivity contribution in [2.24, 2.45) is 40.4 Å². The Kier molecular flexibility index (Phi) is 3.81. The van der Waals surface area contributed by atoms with Crippen LogP contribution in [0.4, 0.5) is 0 Å². The molecule has 0 spiro atoms. The largest absolute Gasteiger partial charge is 0.508 e. The van der Waals surface area contributed by atoms with E-state index in [0.717, 1.165) is 37.7 Å². The first-order valence-electron chi connectivity index (χ1n) is 9.58. The quantitative estimate of drug-likeness (QED) is 0.677. The van der Waals surface area contributed by atoms with Crippen LogP contribution in [0.5, 0.6) is 0 Å². The van der Waals surface area contributed by atoms with Crippen LogP contribution in [0.15, 0.2) is 23.5 Å². The summed E-state index contributed by atoms with van der Waals surface area (Å²) in [6, 6.07) is 0. The third kappa shape index (κ3) is 2.19. The number of aliphatic hydroxyl groups excluding tert-OH is 1. The standard InChI is InChI=1S/C21H28O3S/c1-11-8-16-14-5-4-12-9-13(22)10-17(23)21(12,3)15(14)6-7-20(16,2)18(11)19(24)25/h9-11,14-16,18,22H,4-8H2,1-3H3,(H,24,25)/t11?,14-,15+,16+,18-,20+,21+/m1/s1. The van der Waals surface area contributed by atoms with E-state index in [4.69, 9.17) is 0 Å². The summed E-state index contributed by atoms with van der Waals surface area (Å²) in [4.78, 5) is 25.1. The van der Waals surface area contributed by atoms with Gasteiger partial charge in [-0.1, -0.05) is 19.4 Å². The zero-order valence-electron chi connectivity index (χ0n) is 15.3. The van der Waals surface area contributed by atoms with Crippen LogP contribution in [0, 0.1) is 40.4 Å². The summed E-state index contributed by atoms with van der Waals surface area (Å²) in [5.74, 6) is 1.88. The highest BCUT2D eigenvalue weighted by Gasteiger charge is 2.62. The average Bonchev–Trinajstić information content (AvgIpc) is 2.79. The Morgan fingerprint density at radius 1 is 1.24 bits per heavy atom. The first kappa shape index (κ1) is 17.4. The second-order valence-electron chi connectivity index (χ2n) is 9.29. The third-order valence-electron chi connectivity index (χ3n) is 8.31. The van der Waals surface area contributed by atoms with E-state index >= 15 is 0 Å². The Morgan fingerprint density at radius 3 is 2.64 bits per heavy atom. The van der Waals surface area contributed by atoms with Gasteiger partial charge in [-0.05, 0) is 74.2 Å². The molecule has 1 unspecified atom stereocenters. The number of aliphatic hydroxyl groups is 1. The van der Waals surface area contributed by atoms with Crippen molar-refractivity contribution in [2.45, 2.75) is 52.9 Å². The number of hydrogen-bond donors (Lipinski definition) is 2. The maximum absolute atomic E-state index is 12.9. The summed E-state index contributed by atoms with van der Waals surface area (Å²) >= 11 is 4.22. The molecule has 0 amide bonds. The van der Waals surface area contributed by atoms with E-state index in [1.807, 2.05) is 6.08 Å². The van der Waals surface area contributed by atoms with Crippen molar-refractivity contribution in [3.05, 3.63) is 23.5 Å². The first-order chi connectivity index (χ1) is 11.7. The Balaban J connectivity index is 1.72. The molecule has 4 aliphatic carbocycles. The van der Waals surface area contributed by atoms with E-state index in [2.05, 4.69) is 33.4 Å². The Labute approximate surface area is 155 Å². The molecule has 0 aromatic heterocycles. The molecule has 7 atom stereocenters. The second kappa shape index (κ2) is 5.48. The maximum atomic E-state index is 12.9. The predicted octanol–water partition coefficient (Wildman–Crippen LogP) is 4.50. The monoisotopic (exact) mass is 360 g/mol.